The van der Waals surface area contributed by atoms with Crippen LogP contribution in [0, 0.1) is 0 Å². The molecule has 29 heavy (non-hydrogen) atoms. The summed E-state index contributed by atoms with van der Waals surface area (Å²) in [4.78, 5) is 35.1. The second-order valence-electron chi connectivity index (χ2n) is 6.26. The summed E-state index contributed by atoms with van der Waals surface area (Å²) in [6.45, 7) is 3.51. The topological polar surface area (TPSA) is 114 Å². The Kier molecular flexibility index (Phi) is 8.59. The molecule has 0 saturated carbocycles. The maximum absolute atomic E-state index is 11.6. The number of esters is 3. The lowest BCUT2D eigenvalue weighted by Gasteiger charge is -2.43. The lowest BCUT2D eigenvalue weighted by atomic mass is 9.97. The zero-order valence-electron chi connectivity index (χ0n) is 15.9. The number of thioether (sulfide) groups is 1. The molecule has 1 aromatic rings. The van der Waals surface area contributed by atoms with Gasteiger partial charge in [-0.15, -0.1) is 0 Å². The van der Waals surface area contributed by atoms with E-state index in [0.717, 1.165) is 0 Å². The molecular weight excluding hydrogens is 445 g/mol. The highest BCUT2D eigenvalue weighted by Crippen LogP contribution is 2.37. The van der Waals surface area contributed by atoms with E-state index in [1.807, 2.05) is 0 Å². The first-order valence-electron chi connectivity index (χ1n) is 8.59. The smallest absolute Gasteiger partial charge is 0.303 e. The van der Waals surface area contributed by atoms with Crippen molar-refractivity contribution in [1.82, 2.24) is 0 Å². The van der Waals surface area contributed by atoms with Crippen molar-refractivity contribution in [3.63, 3.8) is 0 Å². The highest BCUT2D eigenvalue weighted by atomic mass is 35.5. The average molecular weight is 466 g/mol. The number of hydrogen-bond acceptors (Lipinski definition) is 9. The van der Waals surface area contributed by atoms with Crippen LogP contribution in [0.1, 0.15) is 20.8 Å². The molecule has 0 bridgehead atoms. The molecule has 160 valence electrons. The molecule has 0 aliphatic carbocycles. The van der Waals surface area contributed by atoms with Crippen molar-refractivity contribution in [1.29, 1.82) is 0 Å². The van der Waals surface area contributed by atoms with Gasteiger partial charge in [0.05, 0.1) is 16.1 Å². The molecule has 1 aliphatic heterocycles. The predicted octanol–water partition coefficient (Wildman–Crippen LogP) is 2.56. The highest BCUT2D eigenvalue weighted by molar-refractivity contribution is 7.99. The third-order valence-corrected chi connectivity index (χ3v) is 5.78. The largest absolute Gasteiger partial charge is 0.463 e. The molecule has 1 heterocycles. The number of rotatable bonds is 6. The van der Waals surface area contributed by atoms with Gasteiger partial charge in [0, 0.05) is 25.7 Å². The van der Waals surface area contributed by atoms with Crippen molar-refractivity contribution in [2.45, 2.75) is 55.5 Å². The second-order valence-corrected chi connectivity index (χ2v) is 8.25. The van der Waals surface area contributed by atoms with Crippen LogP contribution in [0.4, 0.5) is 0 Å². The van der Waals surface area contributed by atoms with E-state index in [0.29, 0.717) is 14.9 Å². The maximum atomic E-state index is 11.6. The van der Waals surface area contributed by atoms with Crippen molar-refractivity contribution in [3.05, 3.63) is 28.2 Å². The average Bonchev–Trinajstić information content (AvgIpc) is 2.61. The van der Waals surface area contributed by atoms with E-state index in [1.165, 1.54) is 32.5 Å². The van der Waals surface area contributed by atoms with Crippen molar-refractivity contribution in [2.24, 2.45) is 5.73 Å². The van der Waals surface area contributed by atoms with E-state index >= 15 is 0 Å². The third-order valence-electron chi connectivity index (χ3n) is 3.90. The van der Waals surface area contributed by atoms with Gasteiger partial charge >= 0.3 is 17.9 Å². The molecule has 0 radical (unpaired) electrons. The Labute approximate surface area is 182 Å². The number of halogens is 2. The lowest BCUT2D eigenvalue weighted by Crippen LogP contribution is -2.63. The van der Waals surface area contributed by atoms with Gasteiger partial charge in [0.2, 0.25) is 0 Å². The summed E-state index contributed by atoms with van der Waals surface area (Å²) in [7, 11) is 0. The van der Waals surface area contributed by atoms with Crippen molar-refractivity contribution < 1.29 is 33.3 Å². The van der Waals surface area contributed by atoms with Gasteiger partial charge < -0.3 is 24.7 Å². The third kappa shape index (κ3) is 6.75. The van der Waals surface area contributed by atoms with Gasteiger partial charge in [0.15, 0.2) is 6.10 Å². The van der Waals surface area contributed by atoms with Gasteiger partial charge in [-0.3, -0.25) is 14.4 Å². The first-order valence-corrected chi connectivity index (χ1v) is 10.2. The molecule has 2 N–H and O–H groups in total. The number of nitrogens with two attached hydrogens (primary N) is 1. The highest BCUT2D eigenvalue weighted by Gasteiger charge is 2.48. The van der Waals surface area contributed by atoms with Crippen LogP contribution in [0.25, 0.3) is 0 Å². The van der Waals surface area contributed by atoms with E-state index in [9.17, 15) is 14.4 Å². The number of carbonyl (C=O) groups excluding carboxylic acids is 3. The minimum absolute atomic E-state index is 0.188. The van der Waals surface area contributed by atoms with Gasteiger partial charge in [-0.2, -0.15) is 0 Å². The van der Waals surface area contributed by atoms with Gasteiger partial charge in [0.1, 0.15) is 24.3 Å². The fourth-order valence-corrected chi connectivity index (χ4v) is 4.26. The normalized spacial score (nSPS) is 26.5. The molecule has 1 aliphatic rings. The fraction of sp³-hybridized carbons (Fsp3) is 0.500. The van der Waals surface area contributed by atoms with Crippen molar-refractivity contribution in [2.75, 3.05) is 6.61 Å². The minimum Gasteiger partial charge on any atom is -0.463 e. The fourth-order valence-electron chi connectivity index (χ4n) is 2.73. The van der Waals surface area contributed by atoms with Crippen molar-refractivity contribution in [3.8, 4) is 0 Å². The zero-order chi connectivity index (χ0) is 21.7. The van der Waals surface area contributed by atoms with Crippen LogP contribution in [0.5, 0.6) is 0 Å². The maximum Gasteiger partial charge on any atom is 0.303 e. The summed E-state index contributed by atoms with van der Waals surface area (Å²) in [5.41, 5.74) is 5.50. The lowest BCUT2D eigenvalue weighted by molar-refractivity contribution is -0.201. The molecule has 1 aromatic carbocycles. The molecule has 1 saturated heterocycles. The van der Waals surface area contributed by atoms with E-state index in [4.69, 9.17) is 47.9 Å². The standard InChI is InChI=1S/C18H21Cl2NO7S/c1-8(22)25-7-14-16(26-9(2)23)15(21)17(27-10(3)24)18(28-14)29-11-4-5-12(19)13(20)6-11/h4-6,14-18H,7,21H2,1-3H3/t14?,15?,16-,17-,18+/m0/s1. The Hall–Kier alpha value is -1.52. The summed E-state index contributed by atoms with van der Waals surface area (Å²) in [6, 6.07) is 4.05. The molecule has 1 fully saturated rings. The van der Waals surface area contributed by atoms with E-state index in [-0.39, 0.29) is 6.61 Å². The van der Waals surface area contributed by atoms with E-state index < -0.39 is 47.7 Å². The minimum atomic E-state index is -0.984. The van der Waals surface area contributed by atoms with Crippen LogP contribution in [-0.2, 0) is 33.3 Å². The molecule has 0 aromatic heterocycles. The number of carbonyl (C=O) groups is 3. The van der Waals surface area contributed by atoms with E-state index in [2.05, 4.69) is 0 Å². The molecule has 0 amide bonds. The van der Waals surface area contributed by atoms with Crippen LogP contribution in [0.2, 0.25) is 10.0 Å². The molecule has 5 atom stereocenters. The van der Waals surface area contributed by atoms with Crippen LogP contribution in [-0.4, -0.2) is 54.3 Å². The molecule has 2 rings (SSSR count). The Morgan fingerprint density at radius 1 is 1.03 bits per heavy atom. The summed E-state index contributed by atoms with van der Waals surface area (Å²) in [6.07, 6.45) is -2.78. The predicted molar refractivity (Wildman–Crippen MR) is 107 cm³/mol. The first-order chi connectivity index (χ1) is 13.6. The molecule has 0 spiro atoms. The summed E-state index contributed by atoms with van der Waals surface area (Å²) >= 11 is 13.2. The van der Waals surface area contributed by atoms with Crippen LogP contribution in [0.3, 0.4) is 0 Å². The van der Waals surface area contributed by atoms with Crippen LogP contribution < -0.4 is 5.73 Å². The van der Waals surface area contributed by atoms with Crippen LogP contribution in [0.15, 0.2) is 23.1 Å². The molecule has 11 heteroatoms. The van der Waals surface area contributed by atoms with Crippen molar-refractivity contribution >= 4 is 52.9 Å². The Bertz CT molecular complexity index is 777. The molecule has 2 unspecified atom stereocenters. The molecular formula is C18H21Cl2NO7S. The Morgan fingerprint density at radius 3 is 2.21 bits per heavy atom. The van der Waals surface area contributed by atoms with Gasteiger partial charge in [-0.25, -0.2) is 0 Å². The number of benzene rings is 1. The summed E-state index contributed by atoms with van der Waals surface area (Å²) in [5.74, 6) is -1.70. The number of ether oxygens (including phenoxy) is 4. The van der Waals surface area contributed by atoms with Gasteiger partial charge in [0.25, 0.3) is 0 Å². The Balaban J connectivity index is 2.31. The Morgan fingerprint density at radius 2 is 1.66 bits per heavy atom. The van der Waals surface area contributed by atoms with E-state index in [1.54, 1.807) is 18.2 Å². The summed E-state index contributed by atoms with van der Waals surface area (Å²) < 4.78 is 21.6. The second kappa shape index (κ2) is 10.5. The van der Waals surface area contributed by atoms with Gasteiger partial charge in [-0.05, 0) is 18.2 Å². The zero-order valence-corrected chi connectivity index (χ0v) is 18.3. The monoisotopic (exact) mass is 465 g/mol. The quantitative estimate of drug-likeness (QED) is 0.499. The SMILES string of the molecule is CC(=O)OCC1O[C@H](Sc2ccc(Cl)c(Cl)c2)[C@@H](OC(C)=O)C(N)[C@H]1OC(C)=O. The number of hydrogen-bond donors (Lipinski definition) is 1. The molecule has 8 nitrogen and oxygen atoms in total. The first kappa shape index (κ1) is 23.8. The summed E-state index contributed by atoms with van der Waals surface area (Å²) in [5, 5.41) is 0.728. The van der Waals surface area contributed by atoms with Gasteiger partial charge in [-0.1, -0.05) is 35.0 Å². The van der Waals surface area contributed by atoms with Crippen LogP contribution >= 0.6 is 35.0 Å².